The zero-order valence-electron chi connectivity index (χ0n) is 22.9. The number of hydrogen-bond donors (Lipinski definition) is 2. The molecule has 0 aliphatic carbocycles. The molecule has 2 N–H and O–H groups in total. The van der Waals surface area contributed by atoms with E-state index in [0.717, 1.165) is 81.1 Å². The third-order valence-corrected chi connectivity index (χ3v) is 11.7. The molecule has 0 saturated carbocycles. The molecule has 38 heavy (non-hydrogen) atoms. The second kappa shape index (κ2) is 12.6. The first-order valence-corrected chi connectivity index (χ1v) is 17.6. The average molecular weight is 597 g/mol. The highest BCUT2D eigenvalue weighted by Gasteiger charge is 2.26. The first-order valence-electron chi connectivity index (χ1n) is 13.3. The molecule has 2 aliphatic rings. The lowest BCUT2D eigenvalue weighted by Gasteiger charge is -2.27. The summed E-state index contributed by atoms with van der Waals surface area (Å²) in [5, 5.41) is 21.3. The Hall–Kier alpha value is -1.10. The molecule has 2 aromatic heterocycles. The Morgan fingerprint density at radius 2 is 1.13 bits per heavy atom. The Balaban J connectivity index is 1.15. The molecule has 0 fully saturated rings. The molecular weight excluding hydrogens is 557 g/mol. The number of rotatable bonds is 13. The lowest BCUT2D eigenvalue weighted by molar-refractivity contribution is 0.269. The number of hydrogen-bond acceptors (Lipinski definition) is 8. The van der Waals surface area contributed by atoms with E-state index in [4.69, 9.17) is 0 Å². The van der Waals surface area contributed by atoms with Crippen LogP contribution in [0.15, 0.2) is 31.5 Å². The standard InChI is InChI=1S/C28H40N2O4S4/c1-27(2,17-29-23(31)15-21-19(25(29)33)5-9-37-21)7-11-35-13-14-36-12-8-28(3,4)18-30-24(32)16-22-20(26(30)34)6-10-38-22/h15-16,33-34H,5-14,17-18H2,1-4H3. The van der Waals surface area contributed by atoms with Crippen molar-refractivity contribution in [3.63, 3.8) is 0 Å². The first kappa shape index (κ1) is 29.9. The fraction of sp³-hybridized carbons (Fsp3) is 0.643. The number of pyridine rings is 2. The van der Waals surface area contributed by atoms with Gasteiger partial charge >= 0.3 is 0 Å². The van der Waals surface area contributed by atoms with Gasteiger partial charge in [0.15, 0.2) is 11.8 Å². The summed E-state index contributed by atoms with van der Waals surface area (Å²) in [6.45, 7) is 9.73. The van der Waals surface area contributed by atoms with E-state index in [1.807, 2.05) is 23.5 Å². The molecule has 2 aromatic rings. The van der Waals surface area contributed by atoms with Crippen LogP contribution in [0.4, 0.5) is 0 Å². The molecule has 210 valence electrons. The SMILES string of the molecule is CC(C)(CCSCCSCCC(C)(C)Cn1c(O)c2c(cc1=O)SCC2)Cn1c(O)c2c(cc1=O)SCC2. The van der Waals surface area contributed by atoms with Gasteiger partial charge in [0.25, 0.3) is 11.1 Å². The third-order valence-electron chi connectivity index (χ3n) is 7.30. The van der Waals surface area contributed by atoms with Crippen molar-refractivity contribution in [1.29, 1.82) is 0 Å². The maximum Gasteiger partial charge on any atom is 0.254 e. The summed E-state index contributed by atoms with van der Waals surface area (Å²) in [5.74, 6) is 6.37. The maximum absolute atomic E-state index is 12.6. The van der Waals surface area contributed by atoms with Gasteiger partial charge in [0.1, 0.15) is 0 Å². The van der Waals surface area contributed by atoms with E-state index >= 15 is 0 Å². The van der Waals surface area contributed by atoms with Crippen molar-refractivity contribution in [1.82, 2.24) is 9.13 Å². The molecule has 2 aliphatic heterocycles. The zero-order chi connectivity index (χ0) is 27.5. The minimum absolute atomic E-state index is 0.0780. The van der Waals surface area contributed by atoms with Crippen molar-refractivity contribution >= 4 is 47.0 Å². The van der Waals surface area contributed by atoms with E-state index in [-0.39, 0.29) is 33.7 Å². The molecule has 0 aromatic carbocycles. The largest absolute Gasteiger partial charge is 0.494 e. The molecular formula is C28H40N2O4S4. The Bertz CT molecular complexity index is 1170. The van der Waals surface area contributed by atoms with Gasteiger partial charge in [-0.1, -0.05) is 27.7 Å². The van der Waals surface area contributed by atoms with Gasteiger partial charge in [0, 0.05) is 69.2 Å². The van der Waals surface area contributed by atoms with Crippen LogP contribution in [0.2, 0.25) is 0 Å². The predicted molar refractivity (Wildman–Crippen MR) is 165 cm³/mol. The van der Waals surface area contributed by atoms with E-state index < -0.39 is 0 Å². The number of fused-ring (bicyclic) bond motifs is 2. The van der Waals surface area contributed by atoms with Gasteiger partial charge in [0.05, 0.1) is 0 Å². The summed E-state index contributed by atoms with van der Waals surface area (Å²) < 4.78 is 3.12. The van der Waals surface area contributed by atoms with Gasteiger partial charge in [-0.15, -0.1) is 23.5 Å². The summed E-state index contributed by atoms with van der Waals surface area (Å²) in [4.78, 5) is 27.0. The number of nitrogens with zero attached hydrogens (tertiary/aromatic N) is 2. The lowest BCUT2D eigenvalue weighted by Crippen LogP contribution is -2.29. The smallest absolute Gasteiger partial charge is 0.254 e. The number of aromatic hydroxyl groups is 2. The summed E-state index contributed by atoms with van der Waals surface area (Å²) in [6, 6.07) is 3.37. The molecule has 6 nitrogen and oxygen atoms in total. The Morgan fingerprint density at radius 3 is 1.53 bits per heavy atom. The highest BCUT2D eigenvalue weighted by Crippen LogP contribution is 2.38. The van der Waals surface area contributed by atoms with Crippen molar-refractivity contribution in [2.75, 3.05) is 34.5 Å². The molecule has 4 rings (SSSR count). The van der Waals surface area contributed by atoms with E-state index in [9.17, 15) is 19.8 Å². The highest BCUT2D eigenvalue weighted by atomic mass is 32.2. The van der Waals surface area contributed by atoms with Crippen LogP contribution in [0.1, 0.15) is 51.7 Å². The normalized spacial score (nSPS) is 15.2. The van der Waals surface area contributed by atoms with Gasteiger partial charge in [-0.05, 0) is 48.0 Å². The quantitative estimate of drug-likeness (QED) is 0.284. The summed E-state index contributed by atoms with van der Waals surface area (Å²) >= 11 is 7.18. The summed E-state index contributed by atoms with van der Waals surface area (Å²) in [7, 11) is 0. The van der Waals surface area contributed by atoms with Crippen LogP contribution in [0, 0.1) is 10.8 Å². The van der Waals surface area contributed by atoms with Gasteiger partial charge < -0.3 is 10.2 Å². The zero-order valence-corrected chi connectivity index (χ0v) is 26.1. The predicted octanol–water partition coefficient (Wildman–Crippen LogP) is 5.72. The monoisotopic (exact) mass is 596 g/mol. The van der Waals surface area contributed by atoms with Crippen molar-refractivity contribution in [2.24, 2.45) is 10.8 Å². The molecule has 0 atom stereocenters. The van der Waals surface area contributed by atoms with Crippen LogP contribution in [-0.2, 0) is 25.9 Å². The van der Waals surface area contributed by atoms with Crippen molar-refractivity contribution < 1.29 is 10.2 Å². The highest BCUT2D eigenvalue weighted by molar-refractivity contribution is 8.02. The van der Waals surface area contributed by atoms with E-state index in [0.29, 0.717) is 13.1 Å². The van der Waals surface area contributed by atoms with Crippen LogP contribution < -0.4 is 11.1 Å². The summed E-state index contributed by atoms with van der Waals surface area (Å²) in [6.07, 6.45) is 3.60. The third kappa shape index (κ3) is 7.34. The molecule has 0 radical (unpaired) electrons. The molecule has 0 unspecified atom stereocenters. The Kier molecular flexibility index (Phi) is 9.91. The average Bonchev–Trinajstić information content (AvgIpc) is 3.51. The first-order chi connectivity index (χ1) is 18.0. The Morgan fingerprint density at radius 1 is 0.737 bits per heavy atom. The number of thioether (sulfide) groups is 4. The van der Waals surface area contributed by atoms with Gasteiger partial charge in [-0.3, -0.25) is 18.7 Å². The molecule has 10 heteroatoms. The van der Waals surface area contributed by atoms with Crippen molar-refractivity contribution in [2.45, 2.75) is 76.3 Å². The minimum Gasteiger partial charge on any atom is -0.494 e. The van der Waals surface area contributed by atoms with Crippen LogP contribution in [-0.4, -0.2) is 53.9 Å². The van der Waals surface area contributed by atoms with Crippen molar-refractivity contribution in [3.05, 3.63) is 44.0 Å². The van der Waals surface area contributed by atoms with E-state index in [2.05, 4.69) is 27.7 Å². The second-order valence-electron chi connectivity index (χ2n) is 11.7. The molecule has 0 saturated heterocycles. The van der Waals surface area contributed by atoms with Crippen LogP contribution >= 0.6 is 47.0 Å². The van der Waals surface area contributed by atoms with Crippen LogP contribution in [0.5, 0.6) is 11.8 Å². The second-order valence-corrected chi connectivity index (χ2v) is 16.4. The minimum atomic E-state index is -0.106. The molecule has 0 bridgehead atoms. The van der Waals surface area contributed by atoms with E-state index in [1.165, 1.54) is 0 Å². The van der Waals surface area contributed by atoms with E-state index in [1.54, 1.807) is 44.8 Å². The van der Waals surface area contributed by atoms with Crippen molar-refractivity contribution in [3.8, 4) is 11.8 Å². The van der Waals surface area contributed by atoms with Gasteiger partial charge in [-0.25, -0.2) is 0 Å². The fourth-order valence-electron chi connectivity index (χ4n) is 4.90. The fourth-order valence-corrected chi connectivity index (χ4v) is 9.80. The van der Waals surface area contributed by atoms with Gasteiger partial charge in [0.2, 0.25) is 0 Å². The Labute approximate surface area is 242 Å². The number of aromatic nitrogens is 2. The topological polar surface area (TPSA) is 84.5 Å². The van der Waals surface area contributed by atoms with Crippen LogP contribution in [0.25, 0.3) is 0 Å². The molecule has 0 amide bonds. The molecule has 0 spiro atoms. The molecule has 4 heterocycles. The lowest BCUT2D eigenvalue weighted by atomic mass is 9.90. The summed E-state index contributed by atoms with van der Waals surface area (Å²) in [5.41, 5.74) is 1.49. The maximum atomic E-state index is 12.6. The van der Waals surface area contributed by atoms with Crippen LogP contribution in [0.3, 0.4) is 0 Å². The van der Waals surface area contributed by atoms with Gasteiger partial charge in [-0.2, -0.15) is 23.5 Å².